The van der Waals surface area contributed by atoms with Gasteiger partial charge in [0, 0.05) is 18.3 Å². The van der Waals surface area contributed by atoms with Gasteiger partial charge in [-0.1, -0.05) is 42.1 Å². The Morgan fingerprint density at radius 1 is 1.47 bits per heavy atom. The molecule has 1 unspecified atom stereocenters. The van der Waals surface area contributed by atoms with Crippen molar-refractivity contribution in [2.45, 2.75) is 12.5 Å². The standard InChI is InChI=1S/C13H18N4OS/c14-12(18)15-6-7-16-13-17-11(9-19-13)8-10-4-2-1-3-5-10/h1-5,11H,6-9H2,(H,16,17)(H3,14,15,18). The van der Waals surface area contributed by atoms with Crippen molar-refractivity contribution in [1.82, 2.24) is 10.6 Å². The van der Waals surface area contributed by atoms with Crippen molar-refractivity contribution in [2.24, 2.45) is 10.7 Å². The summed E-state index contributed by atoms with van der Waals surface area (Å²) in [7, 11) is 0. The van der Waals surface area contributed by atoms with Gasteiger partial charge in [0.1, 0.15) is 0 Å². The van der Waals surface area contributed by atoms with Crippen LogP contribution >= 0.6 is 11.8 Å². The lowest BCUT2D eigenvalue weighted by Crippen LogP contribution is -2.32. The van der Waals surface area contributed by atoms with Gasteiger partial charge in [-0.25, -0.2) is 4.79 Å². The molecule has 1 fully saturated rings. The highest BCUT2D eigenvalue weighted by molar-refractivity contribution is 8.14. The van der Waals surface area contributed by atoms with Gasteiger partial charge in [-0.3, -0.25) is 4.99 Å². The summed E-state index contributed by atoms with van der Waals surface area (Å²) >= 11 is 1.72. The molecule has 1 aromatic rings. The molecule has 5 nitrogen and oxygen atoms in total. The van der Waals surface area contributed by atoms with Crippen LogP contribution in [0.1, 0.15) is 5.56 Å². The van der Waals surface area contributed by atoms with Crippen LogP contribution in [0.3, 0.4) is 0 Å². The van der Waals surface area contributed by atoms with E-state index in [9.17, 15) is 4.79 Å². The van der Waals surface area contributed by atoms with Crippen LogP contribution in [0.2, 0.25) is 0 Å². The van der Waals surface area contributed by atoms with Crippen LogP contribution in [-0.4, -0.2) is 36.1 Å². The number of amidine groups is 1. The summed E-state index contributed by atoms with van der Waals surface area (Å²) in [5.41, 5.74) is 6.31. The van der Waals surface area contributed by atoms with E-state index in [1.54, 1.807) is 11.8 Å². The van der Waals surface area contributed by atoms with E-state index in [0.717, 1.165) is 17.3 Å². The minimum atomic E-state index is -0.505. The number of thioether (sulfide) groups is 1. The highest BCUT2D eigenvalue weighted by atomic mass is 32.2. The maximum atomic E-state index is 10.5. The summed E-state index contributed by atoms with van der Waals surface area (Å²) < 4.78 is 0. The summed E-state index contributed by atoms with van der Waals surface area (Å²) in [5.74, 6) is 1.02. The molecule has 4 N–H and O–H groups in total. The molecule has 1 heterocycles. The Balaban J connectivity index is 1.73. The third-order valence-corrected chi connectivity index (χ3v) is 3.83. The van der Waals surface area contributed by atoms with E-state index in [0.29, 0.717) is 19.1 Å². The zero-order valence-electron chi connectivity index (χ0n) is 10.6. The number of nitrogens with one attached hydrogen (secondary N) is 2. The van der Waals surface area contributed by atoms with Gasteiger partial charge in [-0.15, -0.1) is 0 Å². The van der Waals surface area contributed by atoms with Gasteiger partial charge >= 0.3 is 6.03 Å². The highest BCUT2D eigenvalue weighted by Gasteiger charge is 2.19. The first-order valence-corrected chi connectivity index (χ1v) is 7.23. The molecule has 1 saturated heterocycles. The average Bonchev–Trinajstić information content (AvgIpc) is 2.83. The molecule has 1 aliphatic heterocycles. The van der Waals surface area contributed by atoms with Gasteiger partial charge < -0.3 is 16.4 Å². The van der Waals surface area contributed by atoms with Crippen molar-refractivity contribution in [3.05, 3.63) is 35.9 Å². The molecule has 19 heavy (non-hydrogen) atoms. The Morgan fingerprint density at radius 3 is 3.00 bits per heavy atom. The molecule has 1 aliphatic rings. The number of hydrogen-bond donors (Lipinski definition) is 3. The summed E-state index contributed by atoms with van der Waals surface area (Å²) in [6.07, 6.45) is 1.01. The molecule has 1 atom stereocenters. The molecular weight excluding hydrogens is 260 g/mol. The Morgan fingerprint density at radius 2 is 2.26 bits per heavy atom. The zero-order valence-corrected chi connectivity index (χ0v) is 11.5. The van der Waals surface area contributed by atoms with E-state index in [1.165, 1.54) is 5.56 Å². The lowest BCUT2D eigenvalue weighted by Gasteiger charge is -2.09. The fraction of sp³-hybridized carbons (Fsp3) is 0.385. The molecule has 102 valence electrons. The van der Waals surface area contributed by atoms with Gasteiger partial charge in [-0.2, -0.15) is 0 Å². The molecular formula is C13H18N4OS. The minimum Gasteiger partial charge on any atom is -0.361 e. The smallest absolute Gasteiger partial charge is 0.312 e. The number of hydrogen-bond acceptors (Lipinski definition) is 3. The molecule has 0 saturated carbocycles. The number of nitrogens with zero attached hydrogens (tertiary/aromatic N) is 1. The zero-order chi connectivity index (χ0) is 13.5. The maximum Gasteiger partial charge on any atom is 0.312 e. The maximum absolute atomic E-state index is 10.5. The van der Waals surface area contributed by atoms with Crippen molar-refractivity contribution < 1.29 is 4.79 Å². The quantitative estimate of drug-likeness (QED) is 0.702. The Labute approximate surface area is 117 Å². The normalized spacial score (nSPS) is 20.2. The van der Waals surface area contributed by atoms with Crippen molar-refractivity contribution >= 4 is 23.0 Å². The number of carbonyl (C=O) groups excluding carboxylic acids is 1. The summed E-state index contributed by atoms with van der Waals surface area (Å²) in [4.78, 5) is 14.9. The van der Waals surface area contributed by atoms with Crippen molar-refractivity contribution in [1.29, 1.82) is 0 Å². The van der Waals surface area contributed by atoms with Gasteiger partial charge in [-0.05, 0) is 12.0 Å². The Kier molecular flexibility index (Phi) is 5.09. The lowest BCUT2D eigenvalue weighted by molar-refractivity contribution is 0.249. The second-order valence-electron chi connectivity index (χ2n) is 4.32. The van der Waals surface area contributed by atoms with Crippen LogP contribution in [0.25, 0.3) is 0 Å². The summed E-state index contributed by atoms with van der Waals surface area (Å²) in [5, 5.41) is 6.86. The second kappa shape index (κ2) is 7.04. The lowest BCUT2D eigenvalue weighted by atomic mass is 10.1. The van der Waals surface area contributed by atoms with E-state index in [1.807, 2.05) is 6.07 Å². The SMILES string of the molecule is NC(=O)NCCN=C1NC(Cc2ccccc2)CS1. The van der Waals surface area contributed by atoms with Crippen molar-refractivity contribution in [3.8, 4) is 0 Å². The van der Waals surface area contributed by atoms with Crippen LogP contribution in [0.4, 0.5) is 4.79 Å². The molecule has 0 aromatic heterocycles. The van der Waals surface area contributed by atoms with E-state index in [-0.39, 0.29) is 0 Å². The van der Waals surface area contributed by atoms with E-state index < -0.39 is 6.03 Å². The first kappa shape index (κ1) is 13.7. The number of urea groups is 1. The van der Waals surface area contributed by atoms with Gasteiger partial charge in [0.05, 0.1) is 6.54 Å². The number of amides is 2. The third-order valence-electron chi connectivity index (χ3n) is 2.74. The van der Waals surface area contributed by atoms with Crippen LogP contribution < -0.4 is 16.4 Å². The fourth-order valence-corrected chi connectivity index (χ4v) is 2.87. The first-order valence-electron chi connectivity index (χ1n) is 6.25. The number of aliphatic imine (C=N–C) groups is 1. The number of primary amides is 1. The fourth-order valence-electron chi connectivity index (χ4n) is 1.87. The molecule has 0 spiro atoms. The van der Waals surface area contributed by atoms with E-state index >= 15 is 0 Å². The number of benzene rings is 1. The summed E-state index contributed by atoms with van der Waals surface area (Å²) in [6.45, 7) is 1.03. The summed E-state index contributed by atoms with van der Waals surface area (Å²) in [6, 6.07) is 10.3. The third kappa shape index (κ3) is 4.82. The average molecular weight is 278 g/mol. The van der Waals surface area contributed by atoms with Crippen LogP contribution in [0.15, 0.2) is 35.3 Å². The number of carbonyl (C=O) groups is 1. The minimum absolute atomic E-state index is 0.426. The van der Waals surface area contributed by atoms with Crippen LogP contribution in [-0.2, 0) is 6.42 Å². The molecule has 0 aliphatic carbocycles. The van der Waals surface area contributed by atoms with E-state index in [2.05, 4.69) is 39.9 Å². The van der Waals surface area contributed by atoms with Crippen LogP contribution in [0, 0.1) is 0 Å². The predicted molar refractivity (Wildman–Crippen MR) is 79.4 cm³/mol. The Hall–Kier alpha value is -1.69. The highest BCUT2D eigenvalue weighted by Crippen LogP contribution is 2.17. The molecule has 2 amide bonds. The molecule has 0 radical (unpaired) electrons. The number of rotatable bonds is 5. The number of nitrogens with two attached hydrogens (primary N) is 1. The van der Waals surface area contributed by atoms with Crippen LogP contribution in [0.5, 0.6) is 0 Å². The van der Waals surface area contributed by atoms with Gasteiger partial charge in [0.2, 0.25) is 0 Å². The van der Waals surface area contributed by atoms with Crippen molar-refractivity contribution in [2.75, 3.05) is 18.8 Å². The molecule has 2 rings (SSSR count). The monoisotopic (exact) mass is 278 g/mol. The van der Waals surface area contributed by atoms with Gasteiger partial charge in [0.25, 0.3) is 0 Å². The van der Waals surface area contributed by atoms with Gasteiger partial charge in [0.15, 0.2) is 5.17 Å². The molecule has 1 aromatic carbocycles. The molecule has 0 bridgehead atoms. The topological polar surface area (TPSA) is 79.5 Å². The Bertz CT molecular complexity index is 449. The molecule has 6 heteroatoms. The van der Waals surface area contributed by atoms with Crippen molar-refractivity contribution in [3.63, 3.8) is 0 Å². The predicted octanol–water partition coefficient (Wildman–Crippen LogP) is 0.958. The largest absolute Gasteiger partial charge is 0.361 e. The van der Waals surface area contributed by atoms with E-state index in [4.69, 9.17) is 5.73 Å². The second-order valence-corrected chi connectivity index (χ2v) is 5.33. The first-order chi connectivity index (χ1) is 9.24.